The van der Waals surface area contributed by atoms with Crippen molar-refractivity contribution in [3.05, 3.63) is 76.8 Å². The second kappa shape index (κ2) is 12.7. The van der Waals surface area contributed by atoms with Gasteiger partial charge >= 0.3 is 0 Å². The van der Waals surface area contributed by atoms with Gasteiger partial charge in [-0.2, -0.15) is 0 Å². The highest BCUT2D eigenvalue weighted by atomic mass is 35.5. The second-order valence-electron chi connectivity index (χ2n) is 7.27. The van der Waals surface area contributed by atoms with E-state index in [0.29, 0.717) is 6.61 Å². The van der Waals surface area contributed by atoms with Crippen molar-refractivity contribution in [2.45, 2.75) is 52.2 Å². The van der Waals surface area contributed by atoms with Gasteiger partial charge in [-0.1, -0.05) is 86.7 Å². The molecule has 0 aromatic heterocycles. The predicted octanol–water partition coefficient (Wildman–Crippen LogP) is 7.55. The van der Waals surface area contributed by atoms with Crippen LogP contribution in [0.1, 0.15) is 50.2 Å². The summed E-state index contributed by atoms with van der Waals surface area (Å²) in [4.78, 5) is 0. The third-order valence-electron chi connectivity index (χ3n) is 5.06. The molecule has 0 saturated heterocycles. The van der Waals surface area contributed by atoms with Crippen molar-refractivity contribution in [3.63, 3.8) is 0 Å². The first kappa shape index (κ1) is 23.5. The fraction of sp³-hybridized carbons (Fsp3) is 0.360. The highest BCUT2D eigenvalue weighted by Crippen LogP contribution is 2.29. The first-order valence-electron chi connectivity index (χ1n) is 10.4. The molecule has 1 N–H and O–H groups in total. The molecule has 0 aliphatic heterocycles. The monoisotopic (exact) mass is 431 g/mol. The van der Waals surface area contributed by atoms with E-state index in [9.17, 15) is 0 Å². The molecule has 0 aliphatic carbocycles. The number of rotatable bonds is 11. The smallest absolute Gasteiger partial charge is 0.124 e. The molecule has 0 bridgehead atoms. The minimum Gasteiger partial charge on any atom is -0.489 e. The van der Waals surface area contributed by atoms with Gasteiger partial charge in [0.25, 0.3) is 0 Å². The fourth-order valence-electron chi connectivity index (χ4n) is 3.44. The first-order valence-corrected chi connectivity index (χ1v) is 10.7. The Labute approximate surface area is 186 Å². The largest absolute Gasteiger partial charge is 0.489 e. The van der Waals surface area contributed by atoms with E-state index in [0.717, 1.165) is 29.4 Å². The summed E-state index contributed by atoms with van der Waals surface area (Å²) >= 11 is 5.98. The van der Waals surface area contributed by atoms with Crippen LogP contribution in [0, 0.1) is 0 Å². The summed E-state index contributed by atoms with van der Waals surface area (Å²) in [6.07, 6.45) is 6.49. The molecule has 0 heterocycles. The van der Waals surface area contributed by atoms with Gasteiger partial charge in [0.15, 0.2) is 0 Å². The maximum atomic E-state index is 6.20. The summed E-state index contributed by atoms with van der Waals surface area (Å²) in [7, 11) is 0. The Morgan fingerprint density at radius 2 is 1.62 bits per heavy atom. The molecule has 156 valence electrons. The van der Waals surface area contributed by atoms with Gasteiger partial charge in [0.2, 0.25) is 0 Å². The Hall–Kier alpha value is -1.74. The SMILES string of the molecule is CCCCCCCNCc1c(OCc2ccc(Cl)cc2)ccc2ccccc12.Cl. The van der Waals surface area contributed by atoms with Crippen LogP contribution >= 0.6 is 24.0 Å². The van der Waals surface area contributed by atoms with Crippen molar-refractivity contribution in [2.24, 2.45) is 0 Å². The molecular formula is C25H31Cl2NO. The van der Waals surface area contributed by atoms with Crippen molar-refractivity contribution in [1.29, 1.82) is 0 Å². The van der Waals surface area contributed by atoms with E-state index in [2.05, 4.69) is 48.6 Å². The van der Waals surface area contributed by atoms with Crippen molar-refractivity contribution in [2.75, 3.05) is 6.54 Å². The van der Waals surface area contributed by atoms with Crippen molar-refractivity contribution in [3.8, 4) is 5.75 Å². The minimum absolute atomic E-state index is 0. The summed E-state index contributed by atoms with van der Waals surface area (Å²) in [5, 5.41) is 6.88. The lowest BCUT2D eigenvalue weighted by Crippen LogP contribution is -2.16. The van der Waals surface area contributed by atoms with E-state index in [1.807, 2.05) is 24.3 Å². The van der Waals surface area contributed by atoms with Gasteiger partial charge in [0, 0.05) is 17.1 Å². The molecule has 4 heteroatoms. The molecule has 0 saturated carbocycles. The third kappa shape index (κ3) is 7.22. The Balaban J connectivity index is 0.00000300. The number of benzene rings is 3. The van der Waals surface area contributed by atoms with E-state index in [1.54, 1.807) is 0 Å². The van der Waals surface area contributed by atoms with Crippen molar-refractivity contribution in [1.82, 2.24) is 5.32 Å². The quantitative estimate of drug-likeness (QED) is 0.316. The molecule has 3 aromatic rings. The normalized spacial score (nSPS) is 10.7. The lowest BCUT2D eigenvalue weighted by atomic mass is 10.0. The van der Waals surface area contributed by atoms with Crippen LogP contribution in [0.3, 0.4) is 0 Å². The Morgan fingerprint density at radius 3 is 2.41 bits per heavy atom. The molecule has 29 heavy (non-hydrogen) atoms. The van der Waals surface area contributed by atoms with Crippen molar-refractivity contribution >= 4 is 34.8 Å². The maximum absolute atomic E-state index is 6.20. The van der Waals surface area contributed by atoms with Crippen LogP contribution in [-0.2, 0) is 13.2 Å². The summed E-state index contributed by atoms with van der Waals surface area (Å²) < 4.78 is 6.20. The predicted molar refractivity (Wildman–Crippen MR) is 127 cm³/mol. The number of ether oxygens (including phenoxy) is 1. The van der Waals surface area contributed by atoms with Crippen LogP contribution in [-0.4, -0.2) is 6.54 Å². The zero-order valence-electron chi connectivity index (χ0n) is 17.1. The zero-order valence-corrected chi connectivity index (χ0v) is 18.7. The molecular weight excluding hydrogens is 401 g/mol. The lowest BCUT2D eigenvalue weighted by Gasteiger charge is -2.15. The molecule has 0 aliphatic rings. The van der Waals surface area contributed by atoms with Crippen molar-refractivity contribution < 1.29 is 4.74 Å². The van der Waals surface area contributed by atoms with Gasteiger partial charge in [0.05, 0.1) is 0 Å². The summed E-state index contributed by atoms with van der Waals surface area (Å²) in [6, 6.07) is 20.6. The molecule has 0 radical (unpaired) electrons. The second-order valence-corrected chi connectivity index (χ2v) is 7.71. The van der Waals surface area contributed by atoms with Gasteiger partial charge in [-0.3, -0.25) is 0 Å². The minimum atomic E-state index is 0. The summed E-state index contributed by atoms with van der Waals surface area (Å²) in [5.74, 6) is 0.951. The van der Waals surface area contributed by atoms with Crippen LogP contribution in [0.15, 0.2) is 60.7 Å². The Bertz CT molecular complexity index is 864. The third-order valence-corrected chi connectivity index (χ3v) is 5.32. The molecule has 0 unspecified atom stereocenters. The number of nitrogens with one attached hydrogen (secondary N) is 1. The number of hydrogen-bond donors (Lipinski definition) is 1. The van der Waals surface area contributed by atoms with Crippen LogP contribution in [0.5, 0.6) is 5.75 Å². The zero-order chi connectivity index (χ0) is 19.6. The van der Waals surface area contributed by atoms with Gasteiger partial charge < -0.3 is 10.1 Å². The number of fused-ring (bicyclic) bond motifs is 1. The molecule has 3 rings (SSSR count). The average Bonchev–Trinajstić information content (AvgIpc) is 2.73. The topological polar surface area (TPSA) is 21.3 Å². The Morgan fingerprint density at radius 1 is 0.862 bits per heavy atom. The highest BCUT2D eigenvalue weighted by molar-refractivity contribution is 6.30. The van der Waals surface area contributed by atoms with E-state index < -0.39 is 0 Å². The van der Waals surface area contributed by atoms with Gasteiger partial charge in [0.1, 0.15) is 12.4 Å². The number of unbranched alkanes of at least 4 members (excludes halogenated alkanes) is 4. The molecule has 2 nitrogen and oxygen atoms in total. The number of halogens is 2. The van der Waals surface area contributed by atoms with E-state index in [-0.39, 0.29) is 12.4 Å². The van der Waals surface area contributed by atoms with Crippen LogP contribution in [0.25, 0.3) is 10.8 Å². The fourth-order valence-corrected chi connectivity index (χ4v) is 3.57. The number of hydrogen-bond acceptors (Lipinski definition) is 2. The van der Waals surface area contributed by atoms with Crippen LogP contribution < -0.4 is 10.1 Å². The highest BCUT2D eigenvalue weighted by Gasteiger charge is 2.09. The van der Waals surface area contributed by atoms with E-state index in [1.165, 1.54) is 48.4 Å². The molecule has 0 atom stereocenters. The van der Waals surface area contributed by atoms with Crippen LogP contribution in [0.4, 0.5) is 0 Å². The Kier molecular flexibility index (Phi) is 10.3. The average molecular weight is 432 g/mol. The summed E-state index contributed by atoms with van der Waals surface area (Å²) in [5.41, 5.74) is 2.35. The standard InChI is InChI=1S/C25H30ClNO.ClH/c1-2-3-4-5-8-17-27-18-24-23-10-7-6-9-21(23)13-16-25(24)28-19-20-11-14-22(26)15-12-20;/h6-7,9-16,27H,2-5,8,17-19H2,1H3;1H. The molecule has 3 aromatic carbocycles. The summed E-state index contributed by atoms with van der Waals surface area (Å²) in [6.45, 7) is 4.67. The molecule has 0 amide bonds. The van der Waals surface area contributed by atoms with Gasteiger partial charge in [-0.05, 0) is 47.5 Å². The van der Waals surface area contributed by atoms with Gasteiger partial charge in [-0.25, -0.2) is 0 Å². The maximum Gasteiger partial charge on any atom is 0.124 e. The first-order chi connectivity index (χ1) is 13.8. The lowest BCUT2D eigenvalue weighted by molar-refractivity contribution is 0.302. The molecule has 0 spiro atoms. The van der Waals surface area contributed by atoms with Gasteiger partial charge in [-0.15, -0.1) is 12.4 Å². The van der Waals surface area contributed by atoms with E-state index in [4.69, 9.17) is 16.3 Å². The van der Waals surface area contributed by atoms with E-state index >= 15 is 0 Å². The van der Waals surface area contributed by atoms with Crippen LogP contribution in [0.2, 0.25) is 5.02 Å². The molecule has 0 fully saturated rings.